The van der Waals surface area contributed by atoms with Crippen LogP contribution in [0.25, 0.3) is 0 Å². The Kier molecular flexibility index (Phi) is 2.73. The summed E-state index contributed by atoms with van der Waals surface area (Å²) in [6.45, 7) is 0. The zero-order valence-electron chi connectivity index (χ0n) is 5.55. The van der Waals surface area contributed by atoms with Crippen LogP contribution in [0.1, 0.15) is 12.8 Å². The van der Waals surface area contributed by atoms with Crippen molar-refractivity contribution in [1.29, 1.82) is 0 Å². The van der Waals surface area contributed by atoms with E-state index in [2.05, 4.69) is 4.74 Å². The molecular formula is C6H6Cl2O3. The lowest BCUT2D eigenvalue weighted by molar-refractivity contribution is -0.153. The van der Waals surface area contributed by atoms with Crippen molar-refractivity contribution in [2.45, 2.75) is 17.7 Å². The molecule has 3 nitrogen and oxygen atoms in total. The molecule has 0 aliphatic carbocycles. The lowest BCUT2D eigenvalue weighted by Crippen LogP contribution is -2.10. The summed E-state index contributed by atoms with van der Waals surface area (Å²) in [4.78, 5) is 20.7. The number of hydrogen-bond acceptors (Lipinski definition) is 3. The second kappa shape index (κ2) is 3.41. The molecule has 5 heteroatoms. The minimum atomic E-state index is -0.613. The van der Waals surface area contributed by atoms with E-state index in [0.717, 1.165) is 0 Å². The van der Waals surface area contributed by atoms with Crippen LogP contribution < -0.4 is 0 Å². The first-order valence-electron chi connectivity index (χ1n) is 3.12. The van der Waals surface area contributed by atoms with Crippen LogP contribution in [-0.2, 0) is 14.3 Å². The number of carbonyl (C=O) groups excluding carboxylic acids is 2. The Labute approximate surface area is 73.6 Å². The van der Waals surface area contributed by atoms with E-state index in [1.807, 2.05) is 0 Å². The Morgan fingerprint density at radius 3 is 2.55 bits per heavy atom. The summed E-state index contributed by atoms with van der Waals surface area (Å²) in [6, 6.07) is 0. The molecule has 0 saturated carbocycles. The van der Waals surface area contributed by atoms with Gasteiger partial charge in [-0.15, -0.1) is 23.2 Å². The molecule has 0 amide bonds. The van der Waals surface area contributed by atoms with Gasteiger partial charge in [-0.1, -0.05) is 0 Å². The Hall–Kier alpha value is -0.280. The van der Waals surface area contributed by atoms with Gasteiger partial charge in [-0.3, -0.25) is 9.59 Å². The highest BCUT2D eigenvalue weighted by Crippen LogP contribution is 2.24. The van der Waals surface area contributed by atoms with Gasteiger partial charge >= 0.3 is 11.9 Å². The van der Waals surface area contributed by atoms with Gasteiger partial charge in [0.2, 0.25) is 0 Å². The zero-order valence-corrected chi connectivity index (χ0v) is 7.06. The van der Waals surface area contributed by atoms with E-state index in [0.29, 0.717) is 0 Å². The maximum atomic E-state index is 10.8. The summed E-state index contributed by atoms with van der Waals surface area (Å²) in [6.07, 6.45) is 0.391. The quantitative estimate of drug-likeness (QED) is 0.380. The van der Waals surface area contributed by atoms with Crippen molar-refractivity contribution in [3.05, 3.63) is 0 Å². The molecule has 1 rings (SSSR count). The monoisotopic (exact) mass is 196 g/mol. The number of cyclic esters (lactones) is 2. The third-order valence-corrected chi connectivity index (χ3v) is 1.78. The van der Waals surface area contributed by atoms with Gasteiger partial charge in [-0.2, -0.15) is 0 Å². The van der Waals surface area contributed by atoms with Gasteiger partial charge in [0, 0.05) is 0 Å². The maximum Gasteiger partial charge on any atom is 0.317 e. The molecule has 0 aromatic carbocycles. The van der Waals surface area contributed by atoms with Crippen LogP contribution in [-0.4, -0.2) is 16.8 Å². The Bertz CT molecular complexity index is 190. The number of esters is 2. The summed E-state index contributed by atoms with van der Waals surface area (Å²) >= 11 is 10.8. The van der Waals surface area contributed by atoms with Crippen LogP contribution >= 0.6 is 23.2 Å². The molecule has 0 spiro atoms. The van der Waals surface area contributed by atoms with Gasteiger partial charge in [0.05, 0.1) is 12.3 Å². The van der Waals surface area contributed by atoms with E-state index in [4.69, 9.17) is 23.2 Å². The molecule has 0 N–H and O–H groups in total. The van der Waals surface area contributed by atoms with E-state index < -0.39 is 22.7 Å². The van der Waals surface area contributed by atoms with Crippen molar-refractivity contribution >= 4 is 35.1 Å². The molecule has 1 aliphatic heterocycles. The van der Waals surface area contributed by atoms with Crippen molar-refractivity contribution in [3.63, 3.8) is 0 Å². The van der Waals surface area contributed by atoms with Crippen LogP contribution in [0.5, 0.6) is 0 Å². The van der Waals surface area contributed by atoms with Gasteiger partial charge in [0.25, 0.3) is 0 Å². The van der Waals surface area contributed by atoms with Crippen LogP contribution in [0, 0.1) is 5.92 Å². The second-order valence-corrected chi connectivity index (χ2v) is 3.60. The van der Waals surface area contributed by atoms with E-state index in [-0.39, 0.29) is 12.8 Å². The molecule has 1 saturated heterocycles. The lowest BCUT2D eigenvalue weighted by Gasteiger charge is -2.02. The van der Waals surface area contributed by atoms with Gasteiger partial charge in [0.1, 0.15) is 4.84 Å². The summed E-state index contributed by atoms with van der Waals surface area (Å²) in [5.41, 5.74) is 0. The highest BCUT2D eigenvalue weighted by molar-refractivity contribution is 6.44. The first-order valence-corrected chi connectivity index (χ1v) is 3.99. The summed E-state index contributed by atoms with van der Waals surface area (Å²) in [5, 5.41) is 0. The molecule has 11 heavy (non-hydrogen) atoms. The topological polar surface area (TPSA) is 43.4 Å². The largest absolute Gasteiger partial charge is 0.393 e. The Balaban J connectivity index is 2.47. The molecule has 1 unspecified atom stereocenters. The first kappa shape index (κ1) is 8.81. The van der Waals surface area contributed by atoms with Crippen LogP contribution in [0.15, 0.2) is 0 Å². The molecule has 1 aliphatic rings. The number of carbonyl (C=O) groups is 2. The van der Waals surface area contributed by atoms with E-state index >= 15 is 0 Å². The van der Waals surface area contributed by atoms with E-state index in [9.17, 15) is 9.59 Å². The number of halogens is 2. The average molecular weight is 197 g/mol. The first-order chi connectivity index (χ1) is 5.09. The molecule has 1 heterocycles. The maximum absolute atomic E-state index is 10.8. The molecule has 0 aromatic heterocycles. The average Bonchev–Trinajstić information content (AvgIpc) is 2.09. The fraction of sp³-hybridized carbons (Fsp3) is 0.667. The summed E-state index contributed by atoms with van der Waals surface area (Å²) < 4.78 is 4.28. The standard InChI is InChI=1S/C6H6Cl2O3/c7-4(8)1-3-2-5(9)11-6(3)10/h3-4H,1-2H2. The van der Waals surface area contributed by atoms with Crippen molar-refractivity contribution in [2.75, 3.05) is 0 Å². The second-order valence-electron chi connectivity index (χ2n) is 2.32. The van der Waals surface area contributed by atoms with Crippen molar-refractivity contribution in [2.24, 2.45) is 5.92 Å². The number of ether oxygens (including phenoxy) is 1. The van der Waals surface area contributed by atoms with Gasteiger partial charge in [0.15, 0.2) is 0 Å². The van der Waals surface area contributed by atoms with Crippen LogP contribution in [0.3, 0.4) is 0 Å². The molecule has 62 valence electrons. The van der Waals surface area contributed by atoms with Crippen molar-refractivity contribution < 1.29 is 14.3 Å². The summed E-state index contributed by atoms with van der Waals surface area (Å²) in [7, 11) is 0. The third kappa shape index (κ3) is 2.34. The van der Waals surface area contributed by atoms with Crippen LogP contribution in [0.4, 0.5) is 0 Å². The Morgan fingerprint density at radius 2 is 2.18 bits per heavy atom. The molecule has 0 radical (unpaired) electrons. The normalized spacial score (nSPS) is 24.5. The number of alkyl halides is 2. The van der Waals surface area contributed by atoms with E-state index in [1.165, 1.54) is 0 Å². The SMILES string of the molecule is O=C1CC(CC(Cl)Cl)C(=O)O1. The van der Waals surface area contributed by atoms with Gasteiger partial charge in [-0.25, -0.2) is 0 Å². The van der Waals surface area contributed by atoms with Crippen molar-refractivity contribution in [3.8, 4) is 0 Å². The number of rotatable bonds is 2. The minimum Gasteiger partial charge on any atom is -0.393 e. The highest BCUT2D eigenvalue weighted by atomic mass is 35.5. The van der Waals surface area contributed by atoms with Crippen LogP contribution in [0.2, 0.25) is 0 Å². The third-order valence-electron chi connectivity index (χ3n) is 1.42. The zero-order chi connectivity index (χ0) is 8.43. The molecule has 0 aromatic rings. The minimum absolute atomic E-state index is 0.106. The number of hydrogen-bond donors (Lipinski definition) is 0. The molecule has 1 atom stereocenters. The summed E-state index contributed by atoms with van der Waals surface area (Å²) in [5.74, 6) is -1.45. The predicted octanol–water partition coefficient (Wildman–Crippen LogP) is 1.27. The molecule has 1 fully saturated rings. The lowest BCUT2D eigenvalue weighted by atomic mass is 10.1. The van der Waals surface area contributed by atoms with E-state index in [1.54, 1.807) is 0 Å². The Morgan fingerprint density at radius 1 is 1.55 bits per heavy atom. The smallest absolute Gasteiger partial charge is 0.317 e. The van der Waals surface area contributed by atoms with Gasteiger partial charge in [-0.05, 0) is 6.42 Å². The fourth-order valence-corrected chi connectivity index (χ4v) is 1.35. The highest BCUT2D eigenvalue weighted by Gasteiger charge is 2.34. The van der Waals surface area contributed by atoms with Gasteiger partial charge < -0.3 is 4.74 Å². The molecule has 0 bridgehead atoms. The fourth-order valence-electron chi connectivity index (χ4n) is 0.916. The molecular weight excluding hydrogens is 191 g/mol. The predicted molar refractivity (Wildman–Crippen MR) is 39.3 cm³/mol. The van der Waals surface area contributed by atoms with Crippen molar-refractivity contribution in [1.82, 2.24) is 0 Å².